The third-order valence-corrected chi connectivity index (χ3v) is 3.60. The number of aromatic amines is 1. The van der Waals surface area contributed by atoms with Gasteiger partial charge in [0.2, 0.25) is 0 Å². The molecule has 1 heterocycles. The molecule has 0 saturated carbocycles. The Morgan fingerprint density at radius 3 is 2.94 bits per heavy atom. The van der Waals surface area contributed by atoms with E-state index in [1.165, 1.54) is 0 Å². The highest BCUT2D eigenvalue weighted by atomic mass is 32.2. The Kier molecular flexibility index (Phi) is 3.94. The summed E-state index contributed by atoms with van der Waals surface area (Å²) in [5, 5.41) is 0.988. The van der Waals surface area contributed by atoms with Crippen molar-refractivity contribution in [2.24, 2.45) is 5.92 Å². The van der Waals surface area contributed by atoms with E-state index in [0.29, 0.717) is 12.5 Å². The number of imidazole rings is 1. The van der Waals surface area contributed by atoms with Crippen molar-refractivity contribution in [3.05, 3.63) is 18.2 Å². The number of benzene rings is 1. The molecule has 1 N–H and O–H groups in total. The number of hydrogen-bond acceptors (Lipinski definition) is 3. The lowest BCUT2D eigenvalue weighted by atomic mass is 10.3. The molecule has 1 aromatic carbocycles. The molecule has 0 spiro atoms. The maximum absolute atomic E-state index is 5.47. The monoisotopic (exact) mass is 250 g/mol. The SMILES string of the molecule is CCOc1ccc2nc(SCC(C)C)[nH]c2c1. The first-order chi connectivity index (χ1) is 8.19. The van der Waals surface area contributed by atoms with Gasteiger partial charge in [-0.2, -0.15) is 0 Å². The van der Waals surface area contributed by atoms with Crippen molar-refractivity contribution in [2.45, 2.75) is 25.9 Å². The number of ether oxygens (including phenoxy) is 1. The smallest absolute Gasteiger partial charge is 0.166 e. The van der Waals surface area contributed by atoms with Gasteiger partial charge in [0.25, 0.3) is 0 Å². The summed E-state index contributed by atoms with van der Waals surface area (Å²) in [6.07, 6.45) is 0. The molecule has 0 aliphatic carbocycles. The summed E-state index contributed by atoms with van der Waals surface area (Å²) in [4.78, 5) is 7.86. The normalized spacial score (nSPS) is 11.3. The van der Waals surface area contributed by atoms with Crippen LogP contribution in [0.15, 0.2) is 23.4 Å². The Balaban J connectivity index is 2.18. The van der Waals surface area contributed by atoms with Crippen molar-refractivity contribution in [3.63, 3.8) is 0 Å². The van der Waals surface area contributed by atoms with Crippen LogP contribution < -0.4 is 4.74 Å². The first kappa shape index (κ1) is 12.3. The van der Waals surface area contributed by atoms with Gasteiger partial charge in [-0.05, 0) is 25.0 Å². The molecule has 0 unspecified atom stereocenters. The topological polar surface area (TPSA) is 37.9 Å². The summed E-state index contributed by atoms with van der Waals surface area (Å²) >= 11 is 1.77. The van der Waals surface area contributed by atoms with Crippen molar-refractivity contribution >= 4 is 22.8 Å². The number of aromatic nitrogens is 2. The summed E-state index contributed by atoms with van der Waals surface area (Å²) < 4.78 is 5.47. The minimum atomic E-state index is 0.673. The van der Waals surface area contributed by atoms with Gasteiger partial charge in [-0.3, -0.25) is 0 Å². The third-order valence-electron chi connectivity index (χ3n) is 2.30. The van der Waals surface area contributed by atoms with Gasteiger partial charge in [-0.25, -0.2) is 4.98 Å². The lowest BCUT2D eigenvalue weighted by molar-refractivity contribution is 0.340. The fourth-order valence-electron chi connectivity index (χ4n) is 1.54. The molecule has 0 fully saturated rings. The molecule has 0 bridgehead atoms. The van der Waals surface area contributed by atoms with Crippen LogP contribution in [0.4, 0.5) is 0 Å². The molecule has 0 aliphatic rings. The maximum Gasteiger partial charge on any atom is 0.166 e. The van der Waals surface area contributed by atoms with Crippen LogP contribution in [-0.4, -0.2) is 22.3 Å². The average molecular weight is 250 g/mol. The van der Waals surface area contributed by atoms with Gasteiger partial charge in [0.1, 0.15) is 5.75 Å². The van der Waals surface area contributed by atoms with Crippen LogP contribution in [0.1, 0.15) is 20.8 Å². The van der Waals surface area contributed by atoms with Crippen LogP contribution in [-0.2, 0) is 0 Å². The van der Waals surface area contributed by atoms with E-state index in [-0.39, 0.29) is 0 Å². The molecule has 17 heavy (non-hydrogen) atoms. The number of nitrogens with zero attached hydrogens (tertiary/aromatic N) is 1. The average Bonchev–Trinajstić information content (AvgIpc) is 2.69. The zero-order valence-electron chi connectivity index (χ0n) is 10.5. The molecule has 2 rings (SSSR count). The Labute approximate surface area is 106 Å². The second-order valence-electron chi connectivity index (χ2n) is 4.36. The molecule has 0 atom stereocenters. The first-order valence-corrected chi connectivity index (χ1v) is 6.93. The predicted molar refractivity (Wildman–Crippen MR) is 72.8 cm³/mol. The molecule has 1 aromatic heterocycles. The van der Waals surface area contributed by atoms with Crippen LogP contribution in [0.3, 0.4) is 0 Å². The van der Waals surface area contributed by atoms with E-state index in [0.717, 1.165) is 27.7 Å². The van der Waals surface area contributed by atoms with E-state index in [1.54, 1.807) is 11.8 Å². The minimum Gasteiger partial charge on any atom is -0.494 e. The zero-order valence-corrected chi connectivity index (χ0v) is 11.3. The zero-order chi connectivity index (χ0) is 12.3. The molecule has 0 aliphatic heterocycles. The molecule has 0 radical (unpaired) electrons. The lowest BCUT2D eigenvalue weighted by Crippen LogP contribution is -1.90. The maximum atomic E-state index is 5.47. The van der Waals surface area contributed by atoms with Crippen molar-refractivity contribution in [1.29, 1.82) is 0 Å². The van der Waals surface area contributed by atoms with Crippen molar-refractivity contribution in [1.82, 2.24) is 9.97 Å². The molecular weight excluding hydrogens is 232 g/mol. The molecule has 2 aromatic rings. The highest BCUT2D eigenvalue weighted by Crippen LogP contribution is 2.24. The number of fused-ring (bicyclic) bond motifs is 1. The quantitative estimate of drug-likeness (QED) is 0.822. The van der Waals surface area contributed by atoms with E-state index in [4.69, 9.17) is 4.74 Å². The van der Waals surface area contributed by atoms with E-state index >= 15 is 0 Å². The van der Waals surface area contributed by atoms with Crippen LogP contribution >= 0.6 is 11.8 Å². The van der Waals surface area contributed by atoms with Crippen LogP contribution in [0.25, 0.3) is 11.0 Å². The fraction of sp³-hybridized carbons (Fsp3) is 0.462. The van der Waals surface area contributed by atoms with Crippen LogP contribution in [0.2, 0.25) is 0 Å². The second kappa shape index (κ2) is 5.45. The van der Waals surface area contributed by atoms with Crippen molar-refractivity contribution in [3.8, 4) is 5.75 Å². The Hall–Kier alpha value is -1.16. The predicted octanol–water partition coefficient (Wildman–Crippen LogP) is 3.71. The molecule has 0 saturated heterocycles. The van der Waals surface area contributed by atoms with Gasteiger partial charge in [-0.1, -0.05) is 25.6 Å². The van der Waals surface area contributed by atoms with E-state index < -0.39 is 0 Å². The highest BCUT2D eigenvalue weighted by molar-refractivity contribution is 7.99. The molecule has 3 nitrogen and oxygen atoms in total. The van der Waals surface area contributed by atoms with Gasteiger partial charge < -0.3 is 9.72 Å². The standard InChI is InChI=1S/C13H18N2OS/c1-4-16-10-5-6-11-12(7-10)15-13(14-11)17-8-9(2)3/h5-7,9H,4,8H2,1-3H3,(H,14,15). The summed E-state index contributed by atoms with van der Waals surface area (Å²) in [5.74, 6) is 2.65. The largest absolute Gasteiger partial charge is 0.494 e. The van der Waals surface area contributed by atoms with Crippen LogP contribution in [0, 0.1) is 5.92 Å². The lowest BCUT2D eigenvalue weighted by Gasteiger charge is -2.01. The number of thioether (sulfide) groups is 1. The molecule has 0 amide bonds. The molecular formula is C13H18N2OS. The van der Waals surface area contributed by atoms with E-state index in [9.17, 15) is 0 Å². The molecule has 92 valence electrons. The first-order valence-electron chi connectivity index (χ1n) is 5.94. The summed E-state index contributed by atoms with van der Waals surface area (Å²) in [7, 11) is 0. The Bertz CT molecular complexity index is 493. The van der Waals surface area contributed by atoms with Crippen molar-refractivity contribution < 1.29 is 4.74 Å². The summed E-state index contributed by atoms with van der Waals surface area (Å²) in [6.45, 7) is 7.10. The highest BCUT2D eigenvalue weighted by Gasteiger charge is 2.05. The number of hydrogen-bond donors (Lipinski definition) is 1. The van der Waals surface area contributed by atoms with Gasteiger partial charge in [-0.15, -0.1) is 0 Å². The van der Waals surface area contributed by atoms with Gasteiger partial charge >= 0.3 is 0 Å². The molecule has 4 heteroatoms. The second-order valence-corrected chi connectivity index (χ2v) is 5.37. The number of H-pyrrole nitrogens is 1. The minimum absolute atomic E-state index is 0.673. The number of nitrogens with one attached hydrogen (secondary N) is 1. The van der Waals surface area contributed by atoms with Crippen molar-refractivity contribution in [2.75, 3.05) is 12.4 Å². The van der Waals surface area contributed by atoms with Gasteiger partial charge in [0.15, 0.2) is 5.16 Å². The third kappa shape index (κ3) is 3.16. The van der Waals surface area contributed by atoms with E-state index in [1.807, 2.05) is 25.1 Å². The van der Waals surface area contributed by atoms with Gasteiger partial charge in [0, 0.05) is 11.8 Å². The van der Waals surface area contributed by atoms with Gasteiger partial charge in [0.05, 0.1) is 17.6 Å². The Morgan fingerprint density at radius 2 is 2.24 bits per heavy atom. The summed E-state index contributed by atoms with van der Waals surface area (Å²) in [5.41, 5.74) is 2.04. The summed E-state index contributed by atoms with van der Waals surface area (Å²) in [6, 6.07) is 5.96. The van der Waals surface area contributed by atoms with Crippen LogP contribution in [0.5, 0.6) is 5.75 Å². The fourth-order valence-corrected chi connectivity index (χ4v) is 2.37. The Morgan fingerprint density at radius 1 is 1.41 bits per heavy atom. The number of rotatable bonds is 5. The van der Waals surface area contributed by atoms with E-state index in [2.05, 4.69) is 23.8 Å².